The van der Waals surface area contributed by atoms with Crippen molar-refractivity contribution in [2.24, 2.45) is 0 Å². The maximum absolute atomic E-state index is 8.56. The van der Waals surface area contributed by atoms with Gasteiger partial charge in [-0.25, -0.2) is 38.4 Å². The molecule has 0 aliphatic carbocycles. The van der Waals surface area contributed by atoms with Crippen molar-refractivity contribution in [3.8, 4) is 0 Å². The van der Waals surface area contributed by atoms with Gasteiger partial charge in [0.25, 0.3) is 0 Å². The zero-order chi connectivity index (χ0) is 28.6. The molecule has 0 bridgehead atoms. The Hall–Kier alpha value is 8.89. The van der Waals surface area contributed by atoms with Gasteiger partial charge in [0.2, 0.25) is 0 Å². The molecule has 33 heteroatoms. The normalized spacial score (nSPS) is 4.68. The van der Waals surface area contributed by atoms with Crippen molar-refractivity contribution < 1.29 is 120 Å². The Bertz CT molecular complexity index is 385. The molecule has 0 fully saturated rings. The summed E-state index contributed by atoms with van der Waals surface area (Å²) in [5.41, 5.74) is 0. The van der Waals surface area contributed by atoms with Crippen LogP contribution in [0.3, 0.4) is 0 Å². The summed E-state index contributed by atoms with van der Waals surface area (Å²) in [7, 11) is 0. The van der Waals surface area contributed by atoms with Crippen LogP contribution in [0.15, 0.2) is 0 Å². The van der Waals surface area contributed by atoms with E-state index < -0.39 is 49.2 Å². The molecule has 0 spiro atoms. The standard InChI is InChI=1S/8CH2O3.9K.9H/c8*2-1(3)4;;;;;;;;;;;;;;;;;;/h8*(H2,2,3,4);;;;;;;;;;;;;;;;;;. The molecular weight excluding hydrogens is 832 g/mol. The van der Waals surface area contributed by atoms with E-state index in [4.69, 9.17) is 120 Å². The summed E-state index contributed by atoms with van der Waals surface area (Å²) >= 11 is 0. The van der Waals surface area contributed by atoms with Crippen LogP contribution >= 0.6 is 0 Å². The molecule has 0 amide bonds. The van der Waals surface area contributed by atoms with Crippen molar-refractivity contribution in [2.75, 3.05) is 0 Å². The summed E-state index contributed by atoms with van der Waals surface area (Å²) in [6.45, 7) is 0. The average Bonchev–Trinajstić information content (AvgIpc) is 2.30. The molecule has 16 N–H and O–H groups in total. The van der Waals surface area contributed by atoms with Crippen LogP contribution in [0.1, 0.15) is 0 Å². The van der Waals surface area contributed by atoms with Crippen molar-refractivity contribution in [1.82, 2.24) is 0 Å². The Morgan fingerprint density at radius 1 is 0.171 bits per heavy atom. The van der Waals surface area contributed by atoms with E-state index in [1.54, 1.807) is 0 Å². The van der Waals surface area contributed by atoms with Gasteiger partial charge < -0.3 is 81.7 Å². The average molecular weight is 857 g/mol. The maximum atomic E-state index is 8.56. The van der Waals surface area contributed by atoms with Crippen molar-refractivity contribution in [3.05, 3.63) is 0 Å². The second-order valence-electron chi connectivity index (χ2n) is 2.26. The second kappa shape index (κ2) is 104. The first-order valence-electron chi connectivity index (χ1n) is 5.21. The SMILES string of the molecule is O=C(O)O.O=C(O)O.O=C(O)O.O=C(O)O.O=C(O)O.O=C(O)O.O=C(O)O.O=C(O)O.[KH].[KH].[KH].[KH].[KH].[KH].[KH].[KH].[KH]. The molecule has 0 atom stereocenters. The van der Waals surface area contributed by atoms with Gasteiger partial charge in [0.05, 0.1) is 0 Å². The van der Waals surface area contributed by atoms with Crippen LogP contribution in [0.25, 0.3) is 0 Å². The van der Waals surface area contributed by atoms with Gasteiger partial charge in [-0.1, -0.05) is 0 Å². The summed E-state index contributed by atoms with van der Waals surface area (Å²) in [4.78, 5) is 68.4. The third kappa shape index (κ3) is 1360. The monoisotopic (exact) mass is 856 g/mol. The molecule has 0 rings (SSSR count). The Morgan fingerprint density at radius 3 is 0.171 bits per heavy atom. The first-order chi connectivity index (χ1) is 13.9. The summed E-state index contributed by atoms with van der Waals surface area (Å²) in [5, 5.41) is 112. The molecule has 0 radical (unpaired) electrons. The van der Waals surface area contributed by atoms with Gasteiger partial charge >= 0.3 is 512 Å². The van der Waals surface area contributed by atoms with Crippen molar-refractivity contribution in [1.29, 1.82) is 0 Å². The Balaban J connectivity index is -0.0000000104. The van der Waals surface area contributed by atoms with Crippen LogP contribution in [0.5, 0.6) is 0 Å². The van der Waals surface area contributed by atoms with E-state index in [-0.39, 0.29) is 462 Å². The van der Waals surface area contributed by atoms with Crippen LogP contribution in [0.2, 0.25) is 0 Å². The third-order valence-electron chi connectivity index (χ3n) is 0. The summed E-state index contributed by atoms with van der Waals surface area (Å²) < 4.78 is 0. The first-order valence-corrected chi connectivity index (χ1v) is 5.21. The fraction of sp³-hybridized carbons (Fsp3) is 0. The van der Waals surface area contributed by atoms with Gasteiger partial charge in [-0.2, -0.15) is 0 Å². The Morgan fingerprint density at radius 2 is 0.171 bits per heavy atom. The predicted octanol–water partition coefficient (Wildman–Crippen LogP) is -4.06. The summed E-state index contributed by atoms with van der Waals surface area (Å²) in [6.07, 6.45) is -14.7. The molecule has 0 unspecified atom stereocenters. The first kappa shape index (κ1) is 110. The molecule has 41 heavy (non-hydrogen) atoms. The number of rotatable bonds is 0. The van der Waals surface area contributed by atoms with Gasteiger partial charge in [0.15, 0.2) is 0 Å². The number of hydrogen-bond donors (Lipinski definition) is 16. The molecule has 0 saturated heterocycles. The molecule has 0 aromatic carbocycles. The van der Waals surface area contributed by atoms with Crippen molar-refractivity contribution >= 4 is 512 Å². The van der Waals surface area contributed by atoms with E-state index in [0.29, 0.717) is 0 Å². The van der Waals surface area contributed by atoms with E-state index in [9.17, 15) is 0 Å². The van der Waals surface area contributed by atoms with Gasteiger partial charge in [-0.3, -0.25) is 0 Å². The van der Waals surface area contributed by atoms with Gasteiger partial charge in [0, 0.05) is 0 Å². The van der Waals surface area contributed by atoms with Gasteiger partial charge in [0.1, 0.15) is 0 Å². The van der Waals surface area contributed by atoms with E-state index in [1.807, 2.05) is 0 Å². The van der Waals surface area contributed by atoms with Crippen molar-refractivity contribution in [3.63, 3.8) is 0 Å². The van der Waals surface area contributed by atoms with Gasteiger partial charge in [-0.05, 0) is 0 Å². The molecule has 0 aromatic heterocycles. The topological polar surface area (TPSA) is 460 Å². The fourth-order valence-electron chi connectivity index (χ4n) is 0. The van der Waals surface area contributed by atoms with E-state index >= 15 is 0 Å². The number of carboxylic acid groups (broad SMARTS) is 16. The zero-order valence-electron chi connectivity index (χ0n) is 14.4. The Kier molecular flexibility index (Phi) is 279. The summed E-state index contributed by atoms with van der Waals surface area (Å²) in [6, 6.07) is 0. The molecule has 0 aliphatic heterocycles. The number of carbonyl (C=O) groups is 8. The molecule has 24 nitrogen and oxygen atoms in total. The quantitative estimate of drug-likeness (QED) is 0.103. The minimum absolute atomic E-state index is 0. The Labute approximate surface area is 611 Å². The van der Waals surface area contributed by atoms with Crippen LogP contribution in [0, 0.1) is 0 Å². The van der Waals surface area contributed by atoms with E-state index in [1.165, 1.54) is 0 Å². The second-order valence-corrected chi connectivity index (χ2v) is 2.26. The molecule has 0 aliphatic rings. The molecular formula is C8H25K9O24. The molecule has 0 aromatic rings. The van der Waals surface area contributed by atoms with Crippen LogP contribution in [-0.2, 0) is 0 Å². The van der Waals surface area contributed by atoms with Crippen molar-refractivity contribution in [2.45, 2.75) is 0 Å². The molecule has 0 saturated carbocycles. The predicted molar refractivity (Wildman–Crippen MR) is 150 cm³/mol. The molecule has 0 heterocycles. The third-order valence-corrected chi connectivity index (χ3v) is 0. The van der Waals surface area contributed by atoms with Crippen LogP contribution in [-0.4, -0.2) is 593 Å². The fourth-order valence-corrected chi connectivity index (χ4v) is 0. The minimum atomic E-state index is -1.83. The number of hydrogen-bond acceptors (Lipinski definition) is 8. The van der Waals surface area contributed by atoms with Crippen LogP contribution in [0.4, 0.5) is 38.4 Å². The van der Waals surface area contributed by atoms with Gasteiger partial charge in [-0.15, -0.1) is 0 Å². The van der Waals surface area contributed by atoms with Crippen LogP contribution < -0.4 is 0 Å². The summed E-state index contributed by atoms with van der Waals surface area (Å²) in [5.74, 6) is 0. The molecule has 210 valence electrons. The zero-order valence-corrected chi connectivity index (χ0v) is 14.4. The van der Waals surface area contributed by atoms with E-state index in [2.05, 4.69) is 0 Å². The van der Waals surface area contributed by atoms with E-state index in [0.717, 1.165) is 0 Å².